The minimum absolute atomic E-state index is 0.0278. The first kappa shape index (κ1) is 16.4. The van der Waals surface area contributed by atoms with Gasteiger partial charge >= 0.3 is 18.0 Å². The number of aromatic nitrogens is 3. The number of hydrogen-bond donors (Lipinski definition) is 0. The van der Waals surface area contributed by atoms with Crippen molar-refractivity contribution in [2.24, 2.45) is 0 Å². The minimum Gasteiger partial charge on any atom is -0.467 e. The first-order valence-corrected chi connectivity index (χ1v) is 6.10. The van der Waals surface area contributed by atoms with E-state index in [0.717, 1.165) is 0 Å². The van der Waals surface area contributed by atoms with Gasteiger partial charge in [-0.3, -0.25) is 9.78 Å². The average molecular weight is 287 g/mol. The molecule has 0 N–H and O–H groups in total. The molecule has 20 heavy (non-hydrogen) atoms. The van der Waals surface area contributed by atoms with Crippen LogP contribution in [0.2, 0.25) is 0 Å². The zero-order valence-corrected chi connectivity index (χ0v) is 12.9. The zero-order valence-electron chi connectivity index (χ0n) is 12.9. The van der Waals surface area contributed by atoms with Gasteiger partial charge in [0.1, 0.15) is 11.2 Å². The number of methoxy groups -OCH3 is 1. The molecule has 114 valence electrons. The molecule has 0 saturated carbocycles. The molecule has 0 aromatic carbocycles. The molecule has 0 unspecified atom stereocenters. The molecule has 0 bridgehead atoms. The van der Waals surface area contributed by atoms with Gasteiger partial charge in [-0.25, -0.2) is 0 Å². The highest BCUT2D eigenvalue weighted by molar-refractivity contribution is 5.07. The molecule has 0 aliphatic rings. The predicted molar refractivity (Wildman–Crippen MR) is 69.3 cm³/mol. The topological polar surface area (TPSA) is 84.8 Å². The lowest BCUT2D eigenvalue weighted by molar-refractivity contribution is -0.287. The summed E-state index contributed by atoms with van der Waals surface area (Å²) in [5, 5.41) is 0. The number of rotatable bonds is 5. The average Bonchev–Trinajstić information content (AvgIpc) is 2.32. The molecule has 0 amide bonds. The predicted octanol–water partition coefficient (Wildman–Crippen LogP) is 2.10. The summed E-state index contributed by atoms with van der Waals surface area (Å²) in [4.78, 5) is 31.9. The van der Waals surface area contributed by atoms with E-state index in [1.54, 1.807) is 0 Å². The van der Waals surface area contributed by atoms with Gasteiger partial charge in [-0.2, -0.15) is 9.78 Å². The Morgan fingerprint density at radius 2 is 1.00 bits per heavy atom. The lowest BCUT2D eigenvalue weighted by Crippen LogP contribution is -2.23. The third-order valence-corrected chi connectivity index (χ3v) is 1.49. The van der Waals surface area contributed by atoms with Gasteiger partial charge in [0.05, 0.1) is 7.11 Å². The summed E-state index contributed by atoms with van der Waals surface area (Å²) < 4.78 is 4.93. The first-order valence-electron chi connectivity index (χ1n) is 6.10. The summed E-state index contributed by atoms with van der Waals surface area (Å²) >= 11 is 0. The van der Waals surface area contributed by atoms with Crippen LogP contribution >= 0.6 is 0 Å². The molecular weight excluding hydrogens is 266 g/mol. The normalized spacial score (nSPS) is 12.2. The summed E-state index contributed by atoms with van der Waals surface area (Å²) in [6, 6.07) is -0.140. The van der Waals surface area contributed by atoms with Crippen LogP contribution in [0.4, 0.5) is 0 Å². The Bertz CT molecular complexity index is 403. The van der Waals surface area contributed by atoms with Crippen LogP contribution in [0.1, 0.15) is 41.5 Å². The van der Waals surface area contributed by atoms with Crippen molar-refractivity contribution < 1.29 is 24.3 Å². The number of nitrogens with zero attached hydrogens (tertiary/aromatic N) is 3. The monoisotopic (exact) mass is 287 g/mol. The SMILES string of the molecule is COc1nc(OOC(C)(C)C)nc(OOC(C)(C)C)n1. The van der Waals surface area contributed by atoms with Crippen LogP contribution in [0.15, 0.2) is 0 Å². The van der Waals surface area contributed by atoms with Crippen LogP contribution in [-0.4, -0.2) is 33.3 Å². The van der Waals surface area contributed by atoms with Crippen molar-refractivity contribution in [2.45, 2.75) is 52.7 Å². The van der Waals surface area contributed by atoms with E-state index in [1.807, 2.05) is 41.5 Å². The van der Waals surface area contributed by atoms with Crippen molar-refractivity contribution >= 4 is 0 Å². The largest absolute Gasteiger partial charge is 0.467 e. The van der Waals surface area contributed by atoms with Crippen LogP contribution in [0.5, 0.6) is 18.0 Å². The maximum Gasteiger partial charge on any atom is 0.362 e. The molecule has 0 fully saturated rings. The van der Waals surface area contributed by atoms with Crippen LogP contribution in [0.3, 0.4) is 0 Å². The smallest absolute Gasteiger partial charge is 0.362 e. The summed E-state index contributed by atoms with van der Waals surface area (Å²) in [6.45, 7) is 10.9. The molecule has 1 rings (SSSR count). The molecule has 0 aliphatic heterocycles. The van der Waals surface area contributed by atoms with Crippen molar-refractivity contribution in [1.82, 2.24) is 15.0 Å². The lowest BCUT2D eigenvalue weighted by atomic mass is 10.2. The Hall–Kier alpha value is -1.67. The Morgan fingerprint density at radius 3 is 1.30 bits per heavy atom. The van der Waals surface area contributed by atoms with Gasteiger partial charge in [0, 0.05) is 0 Å². The molecule has 1 aromatic rings. The molecule has 0 radical (unpaired) electrons. The summed E-state index contributed by atoms with van der Waals surface area (Å²) in [5.74, 6) is 0. The molecule has 1 aromatic heterocycles. The Morgan fingerprint density at radius 1 is 0.650 bits per heavy atom. The van der Waals surface area contributed by atoms with Gasteiger partial charge in [-0.15, -0.1) is 15.0 Å². The third-order valence-electron chi connectivity index (χ3n) is 1.49. The Labute approximate surface area is 118 Å². The van der Waals surface area contributed by atoms with E-state index in [-0.39, 0.29) is 18.0 Å². The Kier molecular flexibility index (Phi) is 5.07. The molecule has 8 heteroatoms. The van der Waals surface area contributed by atoms with Gasteiger partial charge in [0.25, 0.3) is 0 Å². The second kappa shape index (κ2) is 6.19. The first-order chi connectivity index (χ1) is 9.09. The summed E-state index contributed by atoms with van der Waals surface area (Å²) in [7, 11) is 1.41. The second-order valence-electron chi connectivity index (χ2n) is 5.95. The van der Waals surface area contributed by atoms with E-state index in [2.05, 4.69) is 15.0 Å². The summed E-state index contributed by atoms with van der Waals surface area (Å²) in [5.41, 5.74) is -1.02. The fourth-order valence-corrected chi connectivity index (χ4v) is 0.811. The number of hydrogen-bond acceptors (Lipinski definition) is 8. The molecule has 0 spiro atoms. The van der Waals surface area contributed by atoms with Crippen LogP contribution in [0, 0.1) is 0 Å². The van der Waals surface area contributed by atoms with E-state index in [1.165, 1.54) is 7.11 Å². The van der Waals surface area contributed by atoms with E-state index >= 15 is 0 Å². The zero-order chi connectivity index (χ0) is 15.4. The van der Waals surface area contributed by atoms with Gasteiger partial charge in [-0.05, 0) is 41.5 Å². The standard InChI is InChI=1S/C12H21N3O5/c1-11(2,3)19-17-9-13-8(16-7)14-10(15-9)18-20-12(4,5)6/h1-7H3. The van der Waals surface area contributed by atoms with E-state index in [9.17, 15) is 0 Å². The van der Waals surface area contributed by atoms with Crippen molar-refractivity contribution in [2.75, 3.05) is 7.11 Å². The van der Waals surface area contributed by atoms with Crippen molar-refractivity contribution in [1.29, 1.82) is 0 Å². The molecule has 0 atom stereocenters. The molecule has 1 heterocycles. The van der Waals surface area contributed by atoms with Crippen LogP contribution in [-0.2, 0) is 9.78 Å². The lowest BCUT2D eigenvalue weighted by Gasteiger charge is -2.18. The minimum atomic E-state index is -0.511. The fourth-order valence-electron chi connectivity index (χ4n) is 0.811. The maximum atomic E-state index is 5.11. The number of ether oxygens (including phenoxy) is 1. The van der Waals surface area contributed by atoms with Gasteiger partial charge in [-0.1, -0.05) is 0 Å². The van der Waals surface area contributed by atoms with E-state index < -0.39 is 11.2 Å². The van der Waals surface area contributed by atoms with Gasteiger partial charge in [0.2, 0.25) is 0 Å². The second-order valence-corrected chi connectivity index (χ2v) is 5.95. The summed E-state index contributed by atoms with van der Waals surface area (Å²) in [6.07, 6.45) is 0. The molecule has 0 saturated heterocycles. The van der Waals surface area contributed by atoms with Gasteiger partial charge in [0.15, 0.2) is 0 Å². The molecule has 8 nitrogen and oxygen atoms in total. The highest BCUT2D eigenvalue weighted by Gasteiger charge is 2.18. The van der Waals surface area contributed by atoms with Crippen molar-refractivity contribution in [3.05, 3.63) is 0 Å². The van der Waals surface area contributed by atoms with Crippen molar-refractivity contribution in [3.8, 4) is 18.0 Å². The van der Waals surface area contributed by atoms with E-state index in [4.69, 9.17) is 24.3 Å². The van der Waals surface area contributed by atoms with Crippen LogP contribution in [0.25, 0.3) is 0 Å². The van der Waals surface area contributed by atoms with Crippen molar-refractivity contribution in [3.63, 3.8) is 0 Å². The van der Waals surface area contributed by atoms with Gasteiger partial charge < -0.3 is 4.74 Å². The quantitative estimate of drug-likeness (QED) is 0.601. The Balaban J connectivity index is 2.80. The van der Waals surface area contributed by atoms with Crippen LogP contribution < -0.4 is 14.5 Å². The highest BCUT2D eigenvalue weighted by atomic mass is 17.2. The third kappa shape index (κ3) is 6.48. The molecule has 0 aliphatic carbocycles. The highest BCUT2D eigenvalue weighted by Crippen LogP contribution is 2.18. The fraction of sp³-hybridized carbons (Fsp3) is 0.750. The molecular formula is C12H21N3O5. The maximum absolute atomic E-state index is 5.11. The van der Waals surface area contributed by atoms with E-state index in [0.29, 0.717) is 0 Å².